The smallest absolute Gasteiger partial charge is 0.131 e. The molecular formula is C13H19NO2. The Morgan fingerprint density at radius 2 is 2.19 bits per heavy atom. The molecule has 0 amide bonds. The Labute approximate surface area is 96.4 Å². The lowest BCUT2D eigenvalue weighted by molar-refractivity contribution is -0.00313. The predicted molar refractivity (Wildman–Crippen MR) is 64.4 cm³/mol. The van der Waals surface area contributed by atoms with Gasteiger partial charge in [0.1, 0.15) is 6.23 Å². The van der Waals surface area contributed by atoms with Gasteiger partial charge in [-0.25, -0.2) is 0 Å². The van der Waals surface area contributed by atoms with Crippen molar-refractivity contribution in [3.8, 4) is 0 Å². The van der Waals surface area contributed by atoms with Crippen LogP contribution in [0.3, 0.4) is 0 Å². The molecule has 1 aromatic rings. The van der Waals surface area contributed by atoms with Crippen LogP contribution in [-0.2, 0) is 11.2 Å². The van der Waals surface area contributed by atoms with E-state index in [9.17, 15) is 0 Å². The molecule has 88 valence electrons. The van der Waals surface area contributed by atoms with E-state index in [2.05, 4.69) is 17.4 Å². The molecule has 0 saturated carbocycles. The van der Waals surface area contributed by atoms with E-state index in [4.69, 9.17) is 9.84 Å². The van der Waals surface area contributed by atoms with Gasteiger partial charge in [0.25, 0.3) is 0 Å². The summed E-state index contributed by atoms with van der Waals surface area (Å²) in [5, 5.41) is 12.5. The Morgan fingerprint density at radius 3 is 2.88 bits per heavy atom. The molecule has 2 rings (SSSR count). The van der Waals surface area contributed by atoms with Crippen molar-refractivity contribution in [3.63, 3.8) is 0 Å². The minimum Gasteiger partial charge on any atom is -0.396 e. The summed E-state index contributed by atoms with van der Waals surface area (Å²) in [6, 6.07) is 8.24. The topological polar surface area (TPSA) is 41.5 Å². The van der Waals surface area contributed by atoms with Crippen LogP contribution in [0.1, 0.15) is 19.4 Å². The first-order valence-electron chi connectivity index (χ1n) is 5.68. The van der Waals surface area contributed by atoms with Gasteiger partial charge in [-0.3, -0.25) is 0 Å². The summed E-state index contributed by atoms with van der Waals surface area (Å²) in [6.45, 7) is 4.70. The molecule has 0 fully saturated rings. The van der Waals surface area contributed by atoms with Gasteiger partial charge in [-0.15, -0.1) is 0 Å². The van der Waals surface area contributed by atoms with E-state index in [1.54, 1.807) is 0 Å². The van der Waals surface area contributed by atoms with Gasteiger partial charge in [0.2, 0.25) is 0 Å². The van der Waals surface area contributed by atoms with Crippen molar-refractivity contribution < 1.29 is 9.84 Å². The maximum atomic E-state index is 9.14. The van der Waals surface area contributed by atoms with Crippen molar-refractivity contribution in [1.29, 1.82) is 0 Å². The zero-order valence-electron chi connectivity index (χ0n) is 9.86. The molecule has 1 aliphatic rings. The highest BCUT2D eigenvalue weighted by Crippen LogP contribution is 2.26. The lowest BCUT2D eigenvalue weighted by atomic mass is 9.96. The van der Waals surface area contributed by atoms with Crippen molar-refractivity contribution in [2.75, 3.05) is 18.5 Å². The summed E-state index contributed by atoms with van der Waals surface area (Å²) in [7, 11) is 0. The van der Waals surface area contributed by atoms with Crippen LogP contribution in [-0.4, -0.2) is 24.5 Å². The molecule has 1 unspecified atom stereocenters. The van der Waals surface area contributed by atoms with E-state index in [0.717, 1.165) is 12.1 Å². The van der Waals surface area contributed by atoms with Gasteiger partial charge in [-0.05, 0) is 11.6 Å². The quantitative estimate of drug-likeness (QED) is 0.817. The van der Waals surface area contributed by atoms with Gasteiger partial charge in [0.15, 0.2) is 0 Å². The third-order valence-electron chi connectivity index (χ3n) is 2.84. The number of ether oxygens (including phenoxy) is 1. The highest BCUT2D eigenvalue weighted by molar-refractivity contribution is 5.55. The van der Waals surface area contributed by atoms with Crippen LogP contribution in [0.5, 0.6) is 0 Å². The van der Waals surface area contributed by atoms with Crippen molar-refractivity contribution in [1.82, 2.24) is 0 Å². The average Bonchev–Trinajstić information content (AvgIpc) is 2.69. The fraction of sp³-hybridized carbons (Fsp3) is 0.538. The van der Waals surface area contributed by atoms with Crippen LogP contribution in [0.4, 0.5) is 5.69 Å². The minimum absolute atomic E-state index is 0.0447. The summed E-state index contributed by atoms with van der Waals surface area (Å²) in [5.74, 6) is 0. The fourth-order valence-corrected chi connectivity index (χ4v) is 1.74. The van der Waals surface area contributed by atoms with E-state index in [0.29, 0.717) is 6.61 Å². The highest BCUT2D eigenvalue weighted by Gasteiger charge is 2.24. The Kier molecular flexibility index (Phi) is 3.17. The molecule has 1 aliphatic heterocycles. The molecule has 0 aromatic heterocycles. The van der Waals surface area contributed by atoms with E-state index < -0.39 is 0 Å². The second-order valence-corrected chi connectivity index (χ2v) is 5.13. The fourth-order valence-electron chi connectivity index (χ4n) is 1.74. The number of rotatable bonds is 4. The number of fused-ring (bicyclic) bond motifs is 1. The number of hydrogen-bond donors (Lipinski definition) is 2. The number of benzene rings is 1. The van der Waals surface area contributed by atoms with E-state index in [1.165, 1.54) is 5.56 Å². The van der Waals surface area contributed by atoms with Crippen LogP contribution >= 0.6 is 0 Å². The second kappa shape index (κ2) is 4.44. The van der Waals surface area contributed by atoms with Crippen molar-refractivity contribution >= 4 is 5.69 Å². The summed E-state index contributed by atoms with van der Waals surface area (Å²) in [6.07, 6.45) is 0.945. The van der Waals surface area contributed by atoms with Crippen LogP contribution in [0.25, 0.3) is 0 Å². The molecule has 0 radical (unpaired) electrons. The second-order valence-electron chi connectivity index (χ2n) is 5.13. The molecule has 1 heterocycles. The minimum atomic E-state index is -0.170. The van der Waals surface area contributed by atoms with Crippen LogP contribution in [0.15, 0.2) is 24.3 Å². The summed E-state index contributed by atoms with van der Waals surface area (Å²) >= 11 is 0. The van der Waals surface area contributed by atoms with Crippen LogP contribution in [0.2, 0.25) is 0 Å². The molecule has 1 atom stereocenters. The molecule has 3 nitrogen and oxygen atoms in total. The number of anilines is 1. The molecule has 0 bridgehead atoms. The van der Waals surface area contributed by atoms with Gasteiger partial charge >= 0.3 is 0 Å². The zero-order chi connectivity index (χ0) is 11.6. The summed E-state index contributed by atoms with van der Waals surface area (Å²) in [4.78, 5) is 0. The molecular weight excluding hydrogens is 202 g/mol. The summed E-state index contributed by atoms with van der Waals surface area (Å²) in [5.41, 5.74) is 2.29. The molecule has 3 heteroatoms. The van der Waals surface area contributed by atoms with Gasteiger partial charge in [-0.2, -0.15) is 0 Å². The Bertz CT molecular complexity index is 338. The van der Waals surface area contributed by atoms with E-state index in [1.807, 2.05) is 26.0 Å². The van der Waals surface area contributed by atoms with Crippen LogP contribution in [0, 0.1) is 5.41 Å². The maximum absolute atomic E-state index is 9.14. The molecule has 16 heavy (non-hydrogen) atoms. The monoisotopic (exact) mass is 221 g/mol. The molecule has 0 spiro atoms. The molecule has 0 aliphatic carbocycles. The SMILES string of the molecule is CC(C)(CO)COC1Cc2ccccc2N1. The van der Waals surface area contributed by atoms with Gasteiger partial charge in [-0.1, -0.05) is 32.0 Å². The summed E-state index contributed by atoms with van der Waals surface area (Å²) < 4.78 is 5.77. The van der Waals surface area contributed by atoms with Gasteiger partial charge < -0.3 is 15.2 Å². The number of aliphatic hydroxyl groups is 1. The van der Waals surface area contributed by atoms with E-state index in [-0.39, 0.29) is 18.2 Å². The van der Waals surface area contributed by atoms with E-state index >= 15 is 0 Å². The Morgan fingerprint density at radius 1 is 1.44 bits per heavy atom. The maximum Gasteiger partial charge on any atom is 0.131 e. The highest BCUT2D eigenvalue weighted by atomic mass is 16.5. The predicted octanol–water partition coefficient (Wildman–Crippen LogP) is 2.02. The van der Waals surface area contributed by atoms with Crippen LogP contribution < -0.4 is 5.32 Å². The molecule has 2 N–H and O–H groups in total. The number of nitrogens with one attached hydrogen (secondary N) is 1. The first-order valence-corrected chi connectivity index (χ1v) is 5.68. The molecule has 1 aromatic carbocycles. The van der Waals surface area contributed by atoms with Crippen molar-refractivity contribution in [2.24, 2.45) is 5.41 Å². The van der Waals surface area contributed by atoms with Gasteiger partial charge in [0.05, 0.1) is 13.2 Å². The third-order valence-corrected chi connectivity index (χ3v) is 2.84. The third kappa shape index (κ3) is 2.54. The zero-order valence-corrected chi connectivity index (χ0v) is 9.86. The largest absolute Gasteiger partial charge is 0.396 e. The van der Waals surface area contributed by atoms with Crippen molar-refractivity contribution in [3.05, 3.63) is 29.8 Å². The van der Waals surface area contributed by atoms with Crippen molar-refractivity contribution in [2.45, 2.75) is 26.5 Å². The normalized spacial score (nSPS) is 19.3. The average molecular weight is 221 g/mol. The molecule has 0 saturated heterocycles. The Balaban J connectivity index is 1.88. The number of para-hydroxylation sites is 1. The number of aliphatic hydroxyl groups excluding tert-OH is 1. The van der Waals surface area contributed by atoms with Gasteiger partial charge in [0, 0.05) is 17.5 Å². The standard InChI is InChI=1S/C13H19NO2/c1-13(2,8-15)9-16-12-7-10-5-3-4-6-11(10)14-12/h3-6,12,14-15H,7-9H2,1-2H3. The Hall–Kier alpha value is -1.06. The number of hydrogen-bond acceptors (Lipinski definition) is 3. The lowest BCUT2D eigenvalue weighted by Gasteiger charge is -2.24. The first-order chi connectivity index (χ1) is 7.61. The lowest BCUT2D eigenvalue weighted by Crippen LogP contribution is -2.29. The first kappa shape index (κ1) is 11.4.